The second kappa shape index (κ2) is 7.32. The van der Waals surface area contributed by atoms with Crippen LogP contribution in [0.4, 0.5) is 0 Å². The Morgan fingerprint density at radius 2 is 1.95 bits per heavy atom. The average Bonchev–Trinajstić information content (AvgIpc) is 2.42. The molecule has 6 heteroatoms. The van der Waals surface area contributed by atoms with Gasteiger partial charge in [-0.1, -0.05) is 42.6 Å². The van der Waals surface area contributed by atoms with Gasteiger partial charge < -0.3 is 5.32 Å². The van der Waals surface area contributed by atoms with E-state index >= 15 is 0 Å². The lowest BCUT2D eigenvalue weighted by Crippen LogP contribution is -2.48. The first-order valence-corrected chi connectivity index (χ1v) is 9.80. The predicted octanol–water partition coefficient (Wildman–Crippen LogP) is 3.48. The highest BCUT2D eigenvalue weighted by Gasteiger charge is 2.35. The number of benzene rings is 1. The highest BCUT2D eigenvalue weighted by Crippen LogP contribution is 2.29. The Balaban J connectivity index is 2.27. The fraction of sp³-hybridized carbons (Fsp3) is 0.600. The molecule has 0 bridgehead atoms. The predicted molar refractivity (Wildman–Crippen MR) is 89.1 cm³/mol. The Morgan fingerprint density at radius 3 is 2.52 bits per heavy atom. The topological polar surface area (TPSA) is 46.2 Å². The summed E-state index contributed by atoms with van der Waals surface area (Å²) in [4.78, 5) is 0. The summed E-state index contributed by atoms with van der Waals surface area (Å²) in [5, 5.41) is 4.16. The fourth-order valence-electron chi connectivity index (χ4n) is 2.98. The number of nitrogens with one attached hydrogen (secondary N) is 1. The van der Waals surface area contributed by atoms with Crippen molar-refractivity contribution in [3.05, 3.63) is 33.8 Å². The van der Waals surface area contributed by atoms with E-state index in [-0.39, 0.29) is 17.0 Å². The molecule has 1 aliphatic rings. The van der Waals surface area contributed by atoms with Gasteiger partial charge in [0.2, 0.25) is 0 Å². The van der Waals surface area contributed by atoms with Gasteiger partial charge in [-0.15, -0.1) is 0 Å². The maximum absolute atomic E-state index is 12.4. The molecule has 1 aliphatic heterocycles. The van der Waals surface area contributed by atoms with Crippen LogP contribution in [0.1, 0.15) is 31.7 Å². The number of halogens is 2. The first-order chi connectivity index (χ1) is 9.95. The number of sulfone groups is 1. The Morgan fingerprint density at radius 1 is 1.29 bits per heavy atom. The van der Waals surface area contributed by atoms with E-state index in [1.165, 1.54) is 0 Å². The zero-order valence-electron chi connectivity index (χ0n) is 12.1. The lowest BCUT2D eigenvalue weighted by atomic mass is 9.99. The van der Waals surface area contributed by atoms with Crippen molar-refractivity contribution in [1.82, 2.24) is 5.32 Å². The summed E-state index contributed by atoms with van der Waals surface area (Å²) in [6.45, 7) is 2.70. The minimum absolute atomic E-state index is 0.141. The van der Waals surface area contributed by atoms with Crippen LogP contribution in [0.2, 0.25) is 10.0 Å². The summed E-state index contributed by atoms with van der Waals surface area (Å²) < 4.78 is 24.7. The van der Waals surface area contributed by atoms with Gasteiger partial charge in [0, 0.05) is 16.1 Å². The van der Waals surface area contributed by atoms with Crippen molar-refractivity contribution < 1.29 is 8.42 Å². The van der Waals surface area contributed by atoms with Gasteiger partial charge >= 0.3 is 0 Å². The van der Waals surface area contributed by atoms with Gasteiger partial charge in [-0.3, -0.25) is 0 Å². The van der Waals surface area contributed by atoms with E-state index in [1.807, 2.05) is 6.92 Å². The third kappa shape index (κ3) is 4.13. The molecule has 118 valence electrons. The third-order valence-electron chi connectivity index (χ3n) is 4.03. The summed E-state index contributed by atoms with van der Waals surface area (Å²) >= 11 is 12.4. The molecule has 2 unspecified atom stereocenters. The van der Waals surface area contributed by atoms with E-state index in [0.29, 0.717) is 22.9 Å². The summed E-state index contributed by atoms with van der Waals surface area (Å²) in [6.07, 6.45) is 2.98. The van der Waals surface area contributed by atoms with Gasteiger partial charge in [-0.05, 0) is 43.5 Å². The number of hydrogen-bond acceptors (Lipinski definition) is 3. The van der Waals surface area contributed by atoms with Crippen LogP contribution in [0, 0.1) is 0 Å². The van der Waals surface area contributed by atoms with E-state index in [0.717, 1.165) is 24.9 Å². The molecule has 0 aliphatic carbocycles. The maximum Gasteiger partial charge on any atom is 0.154 e. The van der Waals surface area contributed by atoms with Gasteiger partial charge in [0.05, 0.1) is 11.0 Å². The SMILES string of the molecule is CCNC(Cc1c(Cl)cccc1Cl)C1CCCCS1(=O)=O. The van der Waals surface area contributed by atoms with Crippen molar-refractivity contribution in [2.24, 2.45) is 0 Å². The Kier molecular flexibility index (Phi) is 5.95. The van der Waals surface area contributed by atoms with Crippen molar-refractivity contribution in [3.8, 4) is 0 Å². The molecule has 1 aromatic rings. The second-order valence-electron chi connectivity index (χ2n) is 5.47. The molecule has 0 aromatic heterocycles. The van der Waals surface area contributed by atoms with Gasteiger partial charge in [-0.25, -0.2) is 8.42 Å². The van der Waals surface area contributed by atoms with Crippen molar-refractivity contribution in [3.63, 3.8) is 0 Å². The summed E-state index contributed by atoms with van der Waals surface area (Å²) in [5.74, 6) is 0.288. The van der Waals surface area contributed by atoms with Crippen molar-refractivity contribution in [2.45, 2.75) is 43.9 Å². The average molecular weight is 350 g/mol. The van der Waals surface area contributed by atoms with Gasteiger partial charge in [-0.2, -0.15) is 0 Å². The van der Waals surface area contributed by atoms with E-state index in [1.54, 1.807) is 18.2 Å². The van der Waals surface area contributed by atoms with E-state index in [9.17, 15) is 8.42 Å². The molecule has 0 radical (unpaired) electrons. The summed E-state index contributed by atoms with van der Waals surface area (Å²) in [7, 11) is -3.04. The number of hydrogen-bond donors (Lipinski definition) is 1. The zero-order chi connectivity index (χ0) is 15.5. The Hall–Kier alpha value is -0.290. The van der Waals surface area contributed by atoms with Crippen LogP contribution in [0.15, 0.2) is 18.2 Å². The molecule has 21 heavy (non-hydrogen) atoms. The minimum Gasteiger partial charge on any atom is -0.313 e. The molecule has 0 spiro atoms. The standard InChI is InChI=1S/C15H21Cl2NO2S/c1-2-18-14(15-8-3-4-9-21(15,19)20)10-11-12(16)6-5-7-13(11)17/h5-7,14-15,18H,2-4,8-10H2,1H3. The molecule has 0 amide bonds. The fourth-order valence-corrected chi connectivity index (χ4v) is 5.66. The summed E-state index contributed by atoms with van der Waals surface area (Å²) in [6, 6.07) is 5.24. The molecular weight excluding hydrogens is 329 g/mol. The zero-order valence-corrected chi connectivity index (χ0v) is 14.4. The molecule has 1 heterocycles. The van der Waals surface area contributed by atoms with Gasteiger partial charge in [0.1, 0.15) is 0 Å². The van der Waals surface area contributed by atoms with Crippen molar-refractivity contribution in [1.29, 1.82) is 0 Å². The third-order valence-corrected chi connectivity index (χ3v) is 7.08. The lowest BCUT2D eigenvalue weighted by Gasteiger charge is -2.31. The van der Waals surface area contributed by atoms with Gasteiger partial charge in [0.15, 0.2) is 9.84 Å². The van der Waals surface area contributed by atoms with Crippen LogP contribution in [-0.4, -0.2) is 32.0 Å². The van der Waals surface area contributed by atoms with E-state index in [2.05, 4.69) is 5.32 Å². The number of likely N-dealkylation sites (N-methyl/N-ethyl adjacent to an activating group) is 1. The molecule has 1 aromatic carbocycles. The highest BCUT2D eigenvalue weighted by molar-refractivity contribution is 7.92. The van der Waals surface area contributed by atoms with E-state index in [4.69, 9.17) is 23.2 Å². The molecular formula is C15H21Cl2NO2S. The highest BCUT2D eigenvalue weighted by atomic mass is 35.5. The van der Waals surface area contributed by atoms with Crippen molar-refractivity contribution in [2.75, 3.05) is 12.3 Å². The smallest absolute Gasteiger partial charge is 0.154 e. The molecule has 2 atom stereocenters. The quantitative estimate of drug-likeness (QED) is 0.884. The van der Waals surface area contributed by atoms with Crippen LogP contribution in [0.25, 0.3) is 0 Å². The Bertz CT molecular complexity index is 569. The molecule has 1 fully saturated rings. The van der Waals surface area contributed by atoms with E-state index < -0.39 is 9.84 Å². The molecule has 0 saturated carbocycles. The molecule has 3 nitrogen and oxygen atoms in total. The number of rotatable bonds is 5. The second-order valence-corrected chi connectivity index (χ2v) is 8.62. The van der Waals surface area contributed by atoms with Crippen LogP contribution in [0.3, 0.4) is 0 Å². The minimum atomic E-state index is -3.04. The van der Waals surface area contributed by atoms with Gasteiger partial charge in [0.25, 0.3) is 0 Å². The monoisotopic (exact) mass is 349 g/mol. The lowest BCUT2D eigenvalue weighted by molar-refractivity contribution is 0.441. The summed E-state index contributed by atoms with van der Waals surface area (Å²) in [5.41, 5.74) is 0.826. The molecule has 2 rings (SSSR count). The normalized spacial score (nSPS) is 22.9. The van der Waals surface area contributed by atoms with Crippen LogP contribution >= 0.6 is 23.2 Å². The maximum atomic E-state index is 12.4. The first-order valence-electron chi connectivity index (χ1n) is 7.33. The van der Waals surface area contributed by atoms with Crippen LogP contribution in [-0.2, 0) is 16.3 Å². The largest absolute Gasteiger partial charge is 0.313 e. The van der Waals surface area contributed by atoms with Crippen LogP contribution < -0.4 is 5.32 Å². The Labute approximate surface area is 136 Å². The first kappa shape index (κ1) is 17.1. The molecule has 1 N–H and O–H groups in total. The van der Waals surface area contributed by atoms with Crippen LogP contribution in [0.5, 0.6) is 0 Å². The molecule has 1 saturated heterocycles. The van der Waals surface area contributed by atoms with Crippen molar-refractivity contribution >= 4 is 33.0 Å².